The second-order valence-electron chi connectivity index (χ2n) is 4.30. The molecule has 104 valence electrons. The summed E-state index contributed by atoms with van der Waals surface area (Å²) in [6.45, 7) is 0. The lowest BCUT2D eigenvalue weighted by Crippen LogP contribution is -2.22. The van der Waals surface area contributed by atoms with Crippen molar-refractivity contribution in [3.63, 3.8) is 0 Å². The Bertz CT molecular complexity index is 974. The molecule has 3 aromatic rings. The van der Waals surface area contributed by atoms with Crippen molar-refractivity contribution in [1.29, 1.82) is 0 Å². The van der Waals surface area contributed by atoms with Crippen LogP contribution in [0.4, 0.5) is 5.69 Å². The minimum atomic E-state index is -0.654. The van der Waals surface area contributed by atoms with Gasteiger partial charge in [-0.25, -0.2) is 9.78 Å². The van der Waals surface area contributed by atoms with Gasteiger partial charge in [0.15, 0.2) is 0 Å². The number of nitrogens with zero attached hydrogens (tertiary/aromatic N) is 2. The molecule has 2 heterocycles. The molecule has 3 rings (SSSR count). The van der Waals surface area contributed by atoms with Gasteiger partial charge in [0.2, 0.25) is 0 Å². The number of aromatic amines is 2. The highest BCUT2D eigenvalue weighted by atomic mass is 16.6. The number of nitrogens with one attached hydrogen (secondary N) is 2. The minimum absolute atomic E-state index is 0.0838. The molecule has 8 heteroatoms. The van der Waals surface area contributed by atoms with E-state index in [1.54, 1.807) is 18.2 Å². The van der Waals surface area contributed by atoms with E-state index in [-0.39, 0.29) is 16.7 Å². The van der Waals surface area contributed by atoms with Crippen LogP contribution in [0, 0.1) is 10.1 Å². The fourth-order valence-corrected chi connectivity index (χ4v) is 2.07. The predicted octanol–water partition coefficient (Wildman–Crippen LogP) is 1.19. The molecule has 0 saturated heterocycles. The van der Waals surface area contributed by atoms with E-state index in [2.05, 4.69) is 15.0 Å². The van der Waals surface area contributed by atoms with Crippen LogP contribution in [0.2, 0.25) is 0 Å². The Morgan fingerprint density at radius 2 is 1.90 bits per heavy atom. The van der Waals surface area contributed by atoms with Gasteiger partial charge in [0.05, 0.1) is 15.9 Å². The second kappa shape index (κ2) is 4.67. The Hall–Kier alpha value is -3.29. The monoisotopic (exact) mass is 284 g/mol. The van der Waals surface area contributed by atoms with Gasteiger partial charge in [0.25, 0.3) is 11.2 Å². The maximum Gasteiger partial charge on any atom is 0.327 e. The lowest BCUT2D eigenvalue weighted by molar-refractivity contribution is -0.384. The van der Waals surface area contributed by atoms with Gasteiger partial charge in [0.1, 0.15) is 5.65 Å². The van der Waals surface area contributed by atoms with Gasteiger partial charge in [-0.3, -0.25) is 24.9 Å². The number of nitro groups is 1. The molecule has 0 spiro atoms. The first kappa shape index (κ1) is 12.7. The molecule has 0 saturated carbocycles. The summed E-state index contributed by atoms with van der Waals surface area (Å²) in [5.41, 5.74) is -0.430. The van der Waals surface area contributed by atoms with Crippen molar-refractivity contribution in [2.75, 3.05) is 0 Å². The fraction of sp³-hybridized carbons (Fsp3) is 0. The molecule has 0 aliphatic heterocycles. The standard InChI is InChI=1S/C13H8N4O4/c18-12-9-5-7(6-14-11(9)15-13(19)16-12)8-3-1-2-4-10(8)17(20)21/h1-6H,(H2,14,15,16,18,19). The van der Waals surface area contributed by atoms with E-state index in [1.807, 2.05) is 0 Å². The highest BCUT2D eigenvalue weighted by molar-refractivity contribution is 5.82. The van der Waals surface area contributed by atoms with E-state index < -0.39 is 16.2 Å². The first-order chi connectivity index (χ1) is 10.1. The van der Waals surface area contributed by atoms with E-state index >= 15 is 0 Å². The Kier molecular flexibility index (Phi) is 2.83. The SMILES string of the molecule is O=c1[nH]c(=O)c2cc(-c3ccccc3[N+](=O)[O-])cnc2[nH]1. The number of pyridine rings is 1. The molecule has 0 unspecified atom stereocenters. The van der Waals surface area contributed by atoms with Gasteiger partial charge in [-0.15, -0.1) is 0 Å². The zero-order valence-electron chi connectivity index (χ0n) is 10.5. The Labute approximate surface area is 116 Å². The van der Waals surface area contributed by atoms with Crippen LogP contribution < -0.4 is 11.2 Å². The third-order valence-corrected chi connectivity index (χ3v) is 3.00. The summed E-state index contributed by atoms with van der Waals surface area (Å²) >= 11 is 0. The van der Waals surface area contributed by atoms with Crippen molar-refractivity contribution in [3.05, 3.63) is 67.5 Å². The molecule has 8 nitrogen and oxygen atoms in total. The number of hydrogen-bond acceptors (Lipinski definition) is 5. The maximum atomic E-state index is 11.8. The molecular weight excluding hydrogens is 276 g/mol. The number of hydrogen-bond donors (Lipinski definition) is 2. The predicted molar refractivity (Wildman–Crippen MR) is 75.1 cm³/mol. The summed E-state index contributed by atoms with van der Waals surface area (Å²) in [4.78, 5) is 41.9. The first-order valence-corrected chi connectivity index (χ1v) is 5.92. The van der Waals surface area contributed by atoms with Crippen LogP contribution in [0.3, 0.4) is 0 Å². The number of benzene rings is 1. The number of nitro benzene ring substituents is 1. The van der Waals surface area contributed by atoms with E-state index in [0.717, 1.165) is 0 Å². The smallest absolute Gasteiger partial charge is 0.291 e. The minimum Gasteiger partial charge on any atom is -0.291 e. The average molecular weight is 284 g/mol. The summed E-state index contributed by atoms with van der Waals surface area (Å²) in [5, 5.41) is 11.2. The molecule has 0 fully saturated rings. The van der Waals surface area contributed by atoms with Crippen LogP contribution in [0.1, 0.15) is 0 Å². The van der Waals surface area contributed by atoms with Crippen molar-refractivity contribution in [2.45, 2.75) is 0 Å². The number of para-hydroxylation sites is 1. The summed E-state index contributed by atoms with van der Waals surface area (Å²) in [6, 6.07) is 7.61. The number of H-pyrrole nitrogens is 2. The quantitative estimate of drug-likeness (QED) is 0.540. The number of rotatable bonds is 2. The highest BCUT2D eigenvalue weighted by Crippen LogP contribution is 2.29. The van der Waals surface area contributed by atoms with E-state index in [4.69, 9.17) is 0 Å². The van der Waals surface area contributed by atoms with Crippen molar-refractivity contribution in [3.8, 4) is 11.1 Å². The molecule has 0 amide bonds. The summed E-state index contributed by atoms with van der Waals surface area (Å²) in [7, 11) is 0. The lowest BCUT2D eigenvalue weighted by Gasteiger charge is -2.03. The summed E-state index contributed by atoms with van der Waals surface area (Å²) in [5.74, 6) is 0. The van der Waals surface area contributed by atoms with E-state index in [1.165, 1.54) is 18.3 Å². The third kappa shape index (κ3) is 2.18. The maximum absolute atomic E-state index is 11.8. The first-order valence-electron chi connectivity index (χ1n) is 5.92. The highest BCUT2D eigenvalue weighted by Gasteiger charge is 2.15. The summed E-state index contributed by atoms with van der Waals surface area (Å²) in [6.07, 6.45) is 1.38. The fourth-order valence-electron chi connectivity index (χ4n) is 2.07. The van der Waals surface area contributed by atoms with Gasteiger partial charge in [0, 0.05) is 17.8 Å². The molecule has 2 N–H and O–H groups in total. The van der Waals surface area contributed by atoms with Crippen LogP contribution in [0.15, 0.2) is 46.1 Å². The van der Waals surface area contributed by atoms with Gasteiger partial charge < -0.3 is 0 Å². The molecule has 0 atom stereocenters. The molecule has 0 aliphatic carbocycles. The number of aromatic nitrogens is 3. The van der Waals surface area contributed by atoms with Gasteiger partial charge in [-0.1, -0.05) is 12.1 Å². The van der Waals surface area contributed by atoms with Gasteiger partial charge >= 0.3 is 5.69 Å². The molecule has 21 heavy (non-hydrogen) atoms. The van der Waals surface area contributed by atoms with E-state index in [9.17, 15) is 19.7 Å². The zero-order chi connectivity index (χ0) is 15.0. The topological polar surface area (TPSA) is 122 Å². The van der Waals surface area contributed by atoms with Crippen molar-refractivity contribution >= 4 is 16.7 Å². The van der Waals surface area contributed by atoms with Crippen LogP contribution in [0.5, 0.6) is 0 Å². The second-order valence-corrected chi connectivity index (χ2v) is 4.30. The Morgan fingerprint density at radius 3 is 2.67 bits per heavy atom. The van der Waals surface area contributed by atoms with Crippen LogP contribution in [-0.2, 0) is 0 Å². The largest absolute Gasteiger partial charge is 0.327 e. The van der Waals surface area contributed by atoms with Crippen molar-refractivity contribution in [1.82, 2.24) is 15.0 Å². The molecule has 0 bridgehead atoms. The average Bonchev–Trinajstić information content (AvgIpc) is 2.47. The zero-order valence-corrected chi connectivity index (χ0v) is 10.5. The lowest BCUT2D eigenvalue weighted by atomic mass is 10.0. The van der Waals surface area contributed by atoms with Crippen molar-refractivity contribution < 1.29 is 4.92 Å². The third-order valence-electron chi connectivity index (χ3n) is 3.00. The summed E-state index contributed by atoms with van der Waals surface area (Å²) < 4.78 is 0. The van der Waals surface area contributed by atoms with Crippen LogP contribution >= 0.6 is 0 Å². The van der Waals surface area contributed by atoms with E-state index in [0.29, 0.717) is 11.1 Å². The molecular formula is C13H8N4O4. The van der Waals surface area contributed by atoms with Crippen LogP contribution in [-0.4, -0.2) is 19.9 Å². The molecule has 1 aromatic carbocycles. The van der Waals surface area contributed by atoms with Crippen molar-refractivity contribution in [2.24, 2.45) is 0 Å². The molecule has 2 aromatic heterocycles. The Morgan fingerprint density at radius 1 is 1.14 bits per heavy atom. The normalized spacial score (nSPS) is 10.7. The Balaban J connectivity index is 2.30. The molecule has 0 aliphatic rings. The molecule has 0 radical (unpaired) electrons. The number of fused-ring (bicyclic) bond motifs is 1. The van der Waals surface area contributed by atoms with Gasteiger partial charge in [-0.05, 0) is 12.1 Å². The van der Waals surface area contributed by atoms with Gasteiger partial charge in [-0.2, -0.15) is 0 Å². The van der Waals surface area contributed by atoms with Crippen LogP contribution in [0.25, 0.3) is 22.2 Å².